The molecule has 1 aromatic carbocycles. The number of nitrogens with one attached hydrogen (secondary N) is 2. The fourth-order valence-corrected chi connectivity index (χ4v) is 4.24. The molecule has 2 atom stereocenters. The summed E-state index contributed by atoms with van der Waals surface area (Å²) in [6.45, 7) is 13.1. The van der Waals surface area contributed by atoms with Crippen LogP contribution in [0.5, 0.6) is 5.75 Å². The third-order valence-corrected chi connectivity index (χ3v) is 6.23. The van der Waals surface area contributed by atoms with Gasteiger partial charge >= 0.3 is 0 Å². The highest BCUT2D eigenvalue weighted by Gasteiger charge is 2.22. The molecule has 2 saturated heterocycles. The Kier molecular flexibility index (Phi) is 8.82. The largest absolute Gasteiger partial charge is 0.493 e. The number of piperidine rings is 1. The van der Waals surface area contributed by atoms with Crippen molar-refractivity contribution in [1.29, 1.82) is 0 Å². The highest BCUT2D eigenvalue weighted by atomic mass is 16.5. The summed E-state index contributed by atoms with van der Waals surface area (Å²) in [4.78, 5) is 7.00. The van der Waals surface area contributed by atoms with Gasteiger partial charge in [-0.05, 0) is 64.1 Å². The van der Waals surface area contributed by atoms with E-state index in [1.54, 1.807) is 0 Å². The van der Waals surface area contributed by atoms with Crippen LogP contribution in [0.15, 0.2) is 23.2 Å². The van der Waals surface area contributed by atoms with Gasteiger partial charge < -0.3 is 25.0 Å². The Hall–Kier alpha value is -1.79. The van der Waals surface area contributed by atoms with Crippen LogP contribution >= 0.6 is 0 Å². The second kappa shape index (κ2) is 11.6. The molecule has 0 spiro atoms. The molecular formula is C24H40N4O2. The summed E-state index contributed by atoms with van der Waals surface area (Å²) in [5.74, 6) is 2.99. The summed E-state index contributed by atoms with van der Waals surface area (Å²) in [6.07, 6.45) is 3.66. The monoisotopic (exact) mass is 416 g/mol. The van der Waals surface area contributed by atoms with E-state index in [2.05, 4.69) is 59.5 Å². The van der Waals surface area contributed by atoms with Crippen molar-refractivity contribution in [2.24, 2.45) is 16.8 Å². The van der Waals surface area contributed by atoms with Crippen LogP contribution in [0.3, 0.4) is 0 Å². The van der Waals surface area contributed by atoms with Crippen LogP contribution in [0.1, 0.15) is 44.2 Å². The van der Waals surface area contributed by atoms with Crippen molar-refractivity contribution in [3.8, 4) is 5.75 Å². The summed E-state index contributed by atoms with van der Waals surface area (Å²) in [6, 6.07) is 7.05. The summed E-state index contributed by atoms with van der Waals surface area (Å²) in [7, 11) is 1.84. The smallest absolute Gasteiger partial charge is 0.191 e. The van der Waals surface area contributed by atoms with E-state index in [1.807, 2.05) is 7.05 Å². The van der Waals surface area contributed by atoms with Gasteiger partial charge in [-0.3, -0.25) is 4.99 Å². The van der Waals surface area contributed by atoms with Gasteiger partial charge in [0, 0.05) is 50.8 Å². The number of aliphatic imine (C=N–C) groups is 1. The molecule has 6 heteroatoms. The molecule has 6 nitrogen and oxygen atoms in total. The van der Waals surface area contributed by atoms with Crippen molar-refractivity contribution in [2.45, 2.75) is 52.6 Å². The molecule has 30 heavy (non-hydrogen) atoms. The van der Waals surface area contributed by atoms with Crippen LogP contribution < -0.4 is 15.4 Å². The Morgan fingerprint density at radius 3 is 2.87 bits per heavy atom. The molecule has 2 N–H and O–H groups in total. The van der Waals surface area contributed by atoms with Gasteiger partial charge in [0.05, 0.1) is 13.2 Å². The molecule has 0 aliphatic carbocycles. The Balaban J connectivity index is 1.49. The minimum atomic E-state index is 0.502. The van der Waals surface area contributed by atoms with Crippen LogP contribution in [0.25, 0.3) is 0 Å². The van der Waals surface area contributed by atoms with Gasteiger partial charge in [0.25, 0.3) is 0 Å². The van der Waals surface area contributed by atoms with Crippen LogP contribution in [0, 0.1) is 18.8 Å². The van der Waals surface area contributed by atoms with Crippen LogP contribution in [-0.4, -0.2) is 63.4 Å². The molecule has 2 unspecified atom stereocenters. The van der Waals surface area contributed by atoms with Crippen LogP contribution in [0.4, 0.5) is 0 Å². The zero-order valence-electron chi connectivity index (χ0n) is 19.2. The van der Waals surface area contributed by atoms with Crippen molar-refractivity contribution >= 4 is 5.96 Å². The van der Waals surface area contributed by atoms with Crippen molar-refractivity contribution in [2.75, 3.05) is 46.5 Å². The predicted molar refractivity (Wildman–Crippen MR) is 123 cm³/mol. The number of hydrogen-bond acceptors (Lipinski definition) is 4. The van der Waals surface area contributed by atoms with E-state index in [4.69, 9.17) is 9.47 Å². The van der Waals surface area contributed by atoms with E-state index < -0.39 is 0 Å². The molecule has 2 aliphatic rings. The second-order valence-electron chi connectivity index (χ2n) is 9.06. The average molecular weight is 417 g/mol. The lowest BCUT2D eigenvalue weighted by atomic mass is 9.97. The number of ether oxygens (including phenoxy) is 2. The summed E-state index contributed by atoms with van der Waals surface area (Å²) in [5, 5.41) is 7.00. The molecule has 3 rings (SSSR count). The molecule has 0 bridgehead atoms. The van der Waals surface area contributed by atoms with E-state index in [-0.39, 0.29) is 0 Å². The Bertz CT molecular complexity index is 686. The van der Waals surface area contributed by atoms with Gasteiger partial charge in [0.15, 0.2) is 5.96 Å². The van der Waals surface area contributed by atoms with Gasteiger partial charge in [-0.1, -0.05) is 12.1 Å². The maximum Gasteiger partial charge on any atom is 0.191 e. The molecule has 168 valence electrons. The van der Waals surface area contributed by atoms with Crippen molar-refractivity contribution < 1.29 is 9.47 Å². The lowest BCUT2D eigenvalue weighted by Crippen LogP contribution is -2.46. The number of benzene rings is 1. The molecule has 0 aromatic heterocycles. The van der Waals surface area contributed by atoms with Gasteiger partial charge in [-0.15, -0.1) is 0 Å². The molecule has 2 heterocycles. The van der Waals surface area contributed by atoms with Crippen molar-refractivity contribution in [1.82, 2.24) is 15.5 Å². The summed E-state index contributed by atoms with van der Waals surface area (Å²) >= 11 is 0. The Morgan fingerprint density at radius 2 is 2.13 bits per heavy atom. The van der Waals surface area contributed by atoms with E-state index in [0.717, 1.165) is 50.1 Å². The van der Waals surface area contributed by atoms with Gasteiger partial charge in [0.2, 0.25) is 0 Å². The van der Waals surface area contributed by atoms with Crippen molar-refractivity contribution in [3.05, 3.63) is 29.3 Å². The fraction of sp³-hybridized carbons (Fsp3) is 0.708. The number of rotatable bonds is 8. The highest BCUT2D eigenvalue weighted by Crippen LogP contribution is 2.23. The topological polar surface area (TPSA) is 58.1 Å². The third kappa shape index (κ3) is 6.88. The number of hydrogen-bond donors (Lipinski definition) is 2. The lowest BCUT2D eigenvalue weighted by molar-refractivity contribution is 0.141. The first-order valence-electron chi connectivity index (χ1n) is 11.5. The molecule has 2 aliphatic heterocycles. The second-order valence-corrected chi connectivity index (χ2v) is 9.06. The lowest BCUT2D eigenvalue weighted by Gasteiger charge is -2.35. The normalized spacial score (nSPS) is 23.0. The minimum Gasteiger partial charge on any atom is -0.493 e. The Labute approximate surface area is 182 Å². The first-order chi connectivity index (χ1) is 14.5. The maximum absolute atomic E-state index is 6.17. The molecule has 1 aromatic rings. The molecule has 0 saturated carbocycles. The fourth-order valence-electron chi connectivity index (χ4n) is 4.24. The van der Waals surface area contributed by atoms with Gasteiger partial charge in [-0.2, -0.15) is 0 Å². The SMILES string of the molecule is CN=C(NCc1ccc(C)cc1OCC1CCOC1)NCC1CCCN(C(C)C)C1. The zero-order chi connectivity index (χ0) is 21.3. The van der Waals surface area contributed by atoms with Crippen molar-refractivity contribution in [3.63, 3.8) is 0 Å². The number of aryl methyl sites for hydroxylation is 1. The zero-order valence-corrected chi connectivity index (χ0v) is 19.2. The number of guanidine groups is 1. The standard InChI is InChI=1S/C24H40N4O2/c1-18(2)28-10-5-6-20(15-28)13-26-24(25-4)27-14-22-8-7-19(3)12-23(22)30-17-21-9-11-29-16-21/h7-8,12,18,20-21H,5-6,9-11,13-17H2,1-4H3,(H2,25,26,27). The third-order valence-electron chi connectivity index (χ3n) is 6.23. The minimum absolute atomic E-state index is 0.502. The van der Waals surface area contributed by atoms with Crippen LogP contribution in [-0.2, 0) is 11.3 Å². The first kappa shape index (κ1) is 22.9. The van der Waals surface area contributed by atoms with Crippen LogP contribution in [0.2, 0.25) is 0 Å². The Morgan fingerprint density at radius 1 is 1.27 bits per heavy atom. The molecule has 0 amide bonds. The maximum atomic E-state index is 6.17. The quantitative estimate of drug-likeness (QED) is 0.503. The van der Waals surface area contributed by atoms with E-state index >= 15 is 0 Å². The number of nitrogens with zero attached hydrogens (tertiary/aromatic N) is 2. The van der Waals surface area contributed by atoms with Gasteiger partial charge in [-0.25, -0.2) is 0 Å². The number of likely N-dealkylation sites (tertiary alicyclic amines) is 1. The first-order valence-corrected chi connectivity index (χ1v) is 11.5. The highest BCUT2D eigenvalue weighted by molar-refractivity contribution is 5.79. The van der Waals surface area contributed by atoms with Gasteiger partial charge in [0.1, 0.15) is 5.75 Å². The molecule has 2 fully saturated rings. The summed E-state index contributed by atoms with van der Waals surface area (Å²) < 4.78 is 11.6. The molecule has 0 radical (unpaired) electrons. The summed E-state index contributed by atoms with van der Waals surface area (Å²) in [5.41, 5.74) is 2.37. The van der Waals surface area contributed by atoms with E-state index in [1.165, 1.54) is 31.5 Å². The predicted octanol–water partition coefficient (Wildman–Crippen LogP) is 3.20. The molecular weight excluding hydrogens is 376 g/mol. The van der Waals surface area contributed by atoms with E-state index in [9.17, 15) is 0 Å². The van der Waals surface area contributed by atoms with E-state index in [0.29, 0.717) is 24.4 Å². The average Bonchev–Trinajstić information content (AvgIpc) is 3.27.